The summed E-state index contributed by atoms with van der Waals surface area (Å²) in [6.07, 6.45) is 5.83. The first kappa shape index (κ1) is 37.1. The average molecular weight is 784 g/mol. The molecule has 1 heteroatoms. The predicted molar refractivity (Wildman–Crippen MR) is 258 cm³/mol. The van der Waals surface area contributed by atoms with E-state index in [9.17, 15) is 0 Å². The van der Waals surface area contributed by atoms with Crippen LogP contribution in [0.1, 0.15) is 56.4 Å². The first-order chi connectivity index (χ1) is 29.7. The molecule has 0 bridgehead atoms. The molecule has 0 radical (unpaired) electrons. The summed E-state index contributed by atoms with van der Waals surface area (Å²) >= 11 is 0. The lowest BCUT2D eigenvalue weighted by molar-refractivity contribution is 0.585. The molecule has 3 aliphatic rings. The molecule has 11 rings (SSSR count). The van der Waals surface area contributed by atoms with E-state index in [2.05, 4.69) is 239 Å². The Labute approximate surface area is 361 Å². The Bertz CT molecular complexity index is 3000. The topological polar surface area (TPSA) is 3.24 Å². The summed E-state index contributed by atoms with van der Waals surface area (Å²) in [7, 11) is 0. The van der Waals surface area contributed by atoms with Crippen molar-refractivity contribution in [2.75, 3.05) is 4.90 Å². The predicted octanol–water partition coefficient (Wildman–Crippen LogP) is 15.9. The zero-order valence-electron chi connectivity index (χ0n) is 35.4. The van der Waals surface area contributed by atoms with E-state index in [0.29, 0.717) is 0 Å². The van der Waals surface area contributed by atoms with Crippen LogP contribution < -0.4 is 4.90 Å². The fourth-order valence-electron chi connectivity index (χ4n) is 10.5. The molecule has 294 valence electrons. The molecule has 0 amide bonds. The van der Waals surface area contributed by atoms with Crippen LogP contribution in [-0.2, 0) is 10.8 Å². The van der Waals surface area contributed by atoms with Crippen molar-refractivity contribution in [1.29, 1.82) is 0 Å². The molecule has 0 spiro atoms. The van der Waals surface area contributed by atoms with E-state index in [-0.39, 0.29) is 16.9 Å². The molecule has 0 aliphatic heterocycles. The molecule has 1 nitrogen and oxygen atoms in total. The van der Waals surface area contributed by atoms with E-state index in [1.54, 1.807) is 0 Å². The summed E-state index contributed by atoms with van der Waals surface area (Å²) in [4.78, 5) is 2.60. The Morgan fingerprint density at radius 1 is 0.377 bits per heavy atom. The molecule has 3 aliphatic carbocycles. The summed E-state index contributed by atoms with van der Waals surface area (Å²) in [5.41, 5.74) is 23.3. The third-order valence-electron chi connectivity index (χ3n) is 13.9. The number of hydrogen-bond acceptors (Lipinski definition) is 1. The zero-order valence-corrected chi connectivity index (χ0v) is 35.4. The van der Waals surface area contributed by atoms with Gasteiger partial charge >= 0.3 is 0 Å². The number of hydrogen-bond donors (Lipinski definition) is 0. The van der Waals surface area contributed by atoms with Gasteiger partial charge in [-0.1, -0.05) is 204 Å². The van der Waals surface area contributed by atoms with Gasteiger partial charge in [0.25, 0.3) is 0 Å². The second kappa shape index (κ2) is 14.4. The van der Waals surface area contributed by atoms with Crippen LogP contribution in [0, 0.1) is 0 Å². The van der Waals surface area contributed by atoms with Crippen LogP contribution in [0.5, 0.6) is 0 Å². The minimum absolute atomic E-state index is 0.0872. The van der Waals surface area contributed by atoms with Crippen molar-refractivity contribution in [3.8, 4) is 55.6 Å². The maximum atomic E-state index is 2.60. The Kier molecular flexibility index (Phi) is 8.72. The molecule has 0 saturated carbocycles. The first-order valence-corrected chi connectivity index (χ1v) is 21.8. The van der Waals surface area contributed by atoms with E-state index in [1.165, 1.54) is 100 Å². The van der Waals surface area contributed by atoms with Gasteiger partial charge in [0.2, 0.25) is 0 Å². The zero-order chi connectivity index (χ0) is 41.3. The first-order valence-electron chi connectivity index (χ1n) is 21.8. The molecule has 8 aromatic rings. The van der Waals surface area contributed by atoms with Gasteiger partial charge in [-0.15, -0.1) is 0 Å². The van der Waals surface area contributed by atoms with Crippen LogP contribution in [0.2, 0.25) is 0 Å². The van der Waals surface area contributed by atoms with Gasteiger partial charge in [-0.2, -0.15) is 0 Å². The molecule has 61 heavy (non-hydrogen) atoms. The maximum Gasteiger partial charge on any atom is 0.0563 e. The number of rotatable bonds is 7. The second-order valence-electron chi connectivity index (χ2n) is 18.1. The lowest BCUT2D eigenvalue weighted by Crippen LogP contribution is -2.33. The maximum absolute atomic E-state index is 2.60. The SMILES string of the molecule is CC1(C)C2=C(C=CC(N(c3ccc(-c4ccc(-c5ccccc5)cc4)cc3)c3ccc4c(c3)C(C)(C)c3ccccc3-4)C2)c2ccc(-c3ccc(-c4ccccc4)cc3)cc21. The Balaban J connectivity index is 0.934. The van der Waals surface area contributed by atoms with Crippen LogP contribution in [0.3, 0.4) is 0 Å². The van der Waals surface area contributed by atoms with E-state index in [1.807, 2.05) is 0 Å². The van der Waals surface area contributed by atoms with E-state index < -0.39 is 0 Å². The highest BCUT2D eigenvalue weighted by Crippen LogP contribution is 2.54. The van der Waals surface area contributed by atoms with Gasteiger partial charge < -0.3 is 4.90 Å². The Hall–Kier alpha value is -6.96. The van der Waals surface area contributed by atoms with E-state index in [0.717, 1.165) is 6.42 Å². The van der Waals surface area contributed by atoms with Crippen LogP contribution in [0.4, 0.5) is 11.4 Å². The number of benzene rings is 8. The fourth-order valence-corrected chi connectivity index (χ4v) is 10.5. The molecule has 0 aromatic heterocycles. The normalized spacial score (nSPS) is 16.4. The van der Waals surface area contributed by atoms with Gasteiger partial charge in [0.1, 0.15) is 0 Å². The molecular formula is C60H49N. The van der Waals surface area contributed by atoms with Crippen molar-refractivity contribution in [3.05, 3.63) is 234 Å². The summed E-state index contributed by atoms with van der Waals surface area (Å²) in [5.74, 6) is 0. The van der Waals surface area contributed by atoms with Crippen LogP contribution >= 0.6 is 0 Å². The third kappa shape index (κ3) is 6.22. The highest BCUT2D eigenvalue weighted by Gasteiger charge is 2.41. The summed E-state index contributed by atoms with van der Waals surface area (Å²) in [6.45, 7) is 9.63. The third-order valence-corrected chi connectivity index (χ3v) is 13.9. The van der Waals surface area contributed by atoms with Crippen LogP contribution in [0.15, 0.2) is 212 Å². The minimum atomic E-state index is -0.114. The highest BCUT2D eigenvalue weighted by molar-refractivity contribution is 5.90. The van der Waals surface area contributed by atoms with Crippen LogP contribution in [0.25, 0.3) is 61.2 Å². The lowest BCUT2D eigenvalue weighted by atomic mass is 9.77. The van der Waals surface area contributed by atoms with E-state index in [4.69, 9.17) is 0 Å². The van der Waals surface area contributed by atoms with Crippen molar-refractivity contribution in [2.45, 2.75) is 51.0 Å². The van der Waals surface area contributed by atoms with Crippen molar-refractivity contribution >= 4 is 16.9 Å². The van der Waals surface area contributed by atoms with Gasteiger partial charge in [-0.25, -0.2) is 0 Å². The molecule has 1 unspecified atom stereocenters. The van der Waals surface area contributed by atoms with Crippen molar-refractivity contribution in [2.24, 2.45) is 0 Å². The quantitative estimate of drug-likeness (QED) is 0.156. The second-order valence-corrected chi connectivity index (χ2v) is 18.1. The Morgan fingerprint density at radius 2 is 0.820 bits per heavy atom. The monoisotopic (exact) mass is 783 g/mol. The smallest absolute Gasteiger partial charge is 0.0563 e. The minimum Gasteiger partial charge on any atom is -0.334 e. The summed E-state index contributed by atoms with van der Waals surface area (Å²) in [5, 5.41) is 0. The van der Waals surface area contributed by atoms with Gasteiger partial charge in [0.05, 0.1) is 6.04 Å². The number of allylic oxidation sites excluding steroid dienone is 2. The largest absolute Gasteiger partial charge is 0.334 e. The Morgan fingerprint density at radius 3 is 1.43 bits per heavy atom. The average Bonchev–Trinajstić information content (AvgIpc) is 3.68. The van der Waals surface area contributed by atoms with E-state index >= 15 is 0 Å². The van der Waals surface area contributed by atoms with Crippen LogP contribution in [-0.4, -0.2) is 6.04 Å². The summed E-state index contributed by atoms with van der Waals surface area (Å²) in [6, 6.07) is 71.9. The highest BCUT2D eigenvalue weighted by atomic mass is 15.2. The van der Waals surface area contributed by atoms with Gasteiger partial charge in [-0.05, 0) is 126 Å². The summed E-state index contributed by atoms with van der Waals surface area (Å²) < 4.78 is 0. The molecule has 0 heterocycles. The molecule has 1 atom stereocenters. The van der Waals surface area contributed by atoms with Crippen molar-refractivity contribution in [3.63, 3.8) is 0 Å². The molecule has 8 aromatic carbocycles. The number of nitrogens with zero attached hydrogens (tertiary/aromatic N) is 1. The van der Waals surface area contributed by atoms with Gasteiger partial charge in [0, 0.05) is 22.2 Å². The molecule has 0 saturated heterocycles. The van der Waals surface area contributed by atoms with Gasteiger partial charge in [0.15, 0.2) is 0 Å². The number of anilines is 2. The van der Waals surface area contributed by atoms with Crippen molar-refractivity contribution in [1.82, 2.24) is 0 Å². The lowest BCUT2D eigenvalue weighted by Gasteiger charge is -2.37. The fraction of sp³-hybridized carbons (Fsp3) is 0.133. The molecule has 0 fully saturated rings. The number of fused-ring (bicyclic) bond motifs is 5. The molecular weight excluding hydrogens is 735 g/mol. The van der Waals surface area contributed by atoms with Gasteiger partial charge in [-0.3, -0.25) is 0 Å². The molecule has 0 N–H and O–H groups in total. The standard InChI is InChI=1S/C60H49N/c1-59(2)55-18-12-11-17-51(55)53-35-32-49(38-57(53)59)61(48-30-27-45(28-31-48)44-21-19-42(20-22-44)40-13-7-5-8-14-40)50-33-36-54-52-34-29-47(37-56(52)60(3,4)58(54)39-50)46-25-23-43(24-26-46)41-15-9-6-10-16-41/h5-38,50H,39H2,1-4H3. The van der Waals surface area contributed by atoms with Crippen molar-refractivity contribution < 1.29 is 0 Å².